The average Bonchev–Trinajstić information content (AvgIpc) is 2.61. The monoisotopic (exact) mass is 354 g/mol. The van der Waals surface area contributed by atoms with Crippen molar-refractivity contribution in [3.05, 3.63) is 75.3 Å². The van der Waals surface area contributed by atoms with E-state index in [1.807, 2.05) is 31.2 Å². The van der Waals surface area contributed by atoms with E-state index in [4.69, 9.17) is 4.74 Å². The average molecular weight is 354 g/mol. The highest BCUT2D eigenvalue weighted by molar-refractivity contribution is 5.96. The van der Waals surface area contributed by atoms with Gasteiger partial charge in [-0.2, -0.15) is 0 Å². The SMILES string of the molecule is Cc1ccc(/C=C/C(=O)OCC(=O)Nc2ccc(C)cc2[N+](=O)[O-])cc1. The fourth-order valence-electron chi connectivity index (χ4n) is 2.11. The molecular formula is C19H18N2O5. The third-order valence-corrected chi connectivity index (χ3v) is 3.46. The van der Waals surface area contributed by atoms with Crippen LogP contribution in [0.25, 0.3) is 6.08 Å². The van der Waals surface area contributed by atoms with Gasteiger partial charge in [-0.25, -0.2) is 4.79 Å². The standard InChI is InChI=1S/C19H18N2O5/c1-13-3-6-15(7-4-13)8-10-19(23)26-12-18(22)20-16-9-5-14(2)11-17(16)21(24)25/h3-11H,12H2,1-2H3,(H,20,22)/b10-8+. The molecule has 0 aliphatic carbocycles. The number of amides is 1. The predicted molar refractivity (Wildman–Crippen MR) is 97.6 cm³/mol. The summed E-state index contributed by atoms with van der Waals surface area (Å²) < 4.78 is 4.84. The van der Waals surface area contributed by atoms with E-state index in [1.54, 1.807) is 19.1 Å². The molecular weight excluding hydrogens is 336 g/mol. The van der Waals surface area contributed by atoms with Crippen molar-refractivity contribution in [2.45, 2.75) is 13.8 Å². The minimum Gasteiger partial charge on any atom is -0.452 e. The molecule has 1 amide bonds. The summed E-state index contributed by atoms with van der Waals surface area (Å²) in [7, 11) is 0. The predicted octanol–water partition coefficient (Wildman–Crippen LogP) is 3.41. The van der Waals surface area contributed by atoms with Gasteiger partial charge >= 0.3 is 5.97 Å². The maximum Gasteiger partial charge on any atom is 0.331 e. The normalized spacial score (nSPS) is 10.5. The molecule has 26 heavy (non-hydrogen) atoms. The maximum atomic E-state index is 11.9. The van der Waals surface area contributed by atoms with E-state index >= 15 is 0 Å². The Morgan fingerprint density at radius 3 is 2.42 bits per heavy atom. The lowest BCUT2D eigenvalue weighted by Crippen LogP contribution is -2.20. The van der Waals surface area contributed by atoms with Crippen LogP contribution in [0.3, 0.4) is 0 Å². The van der Waals surface area contributed by atoms with Crippen molar-refractivity contribution in [1.29, 1.82) is 0 Å². The number of nitro benzene ring substituents is 1. The van der Waals surface area contributed by atoms with Crippen molar-refractivity contribution in [3.63, 3.8) is 0 Å². The fraction of sp³-hybridized carbons (Fsp3) is 0.158. The summed E-state index contributed by atoms with van der Waals surface area (Å²) in [4.78, 5) is 34.0. The molecule has 0 spiro atoms. The van der Waals surface area contributed by atoms with Crippen molar-refractivity contribution in [1.82, 2.24) is 0 Å². The Kier molecular flexibility index (Phi) is 6.21. The number of hydrogen-bond acceptors (Lipinski definition) is 5. The molecule has 2 aromatic rings. The number of esters is 1. The first-order valence-corrected chi connectivity index (χ1v) is 7.81. The number of nitro groups is 1. The van der Waals surface area contributed by atoms with Crippen molar-refractivity contribution < 1.29 is 19.2 Å². The quantitative estimate of drug-likeness (QED) is 0.371. The number of aryl methyl sites for hydroxylation is 2. The van der Waals surface area contributed by atoms with Gasteiger partial charge in [-0.05, 0) is 37.1 Å². The van der Waals surface area contributed by atoms with Crippen LogP contribution in [0, 0.1) is 24.0 Å². The number of ether oxygens (including phenoxy) is 1. The molecule has 2 aromatic carbocycles. The van der Waals surface area contributed by atoms with Gasteiger partial charge in [0.05, 0.1) is 4.92 Å². The van der Waals surface area contributed by atoms with Gasteiger partial charge in [-0.15, -0.1) is 0 Å². The Bertz CT molecular complexity index is 857. The summed E-state index contributed by atoms with van der Waals surface area (Å²) >= 11 is 0. The van der Waals surface area contributed by atoms with Gasteiger partial charge in [0, 0.05) is 12.1 Å². The molecule has 0 bridgehead atoms. The summed E-state index contributed by atoms with van der Waals surface area (Å²) in [6.45, 7) is 3.13. The molecule has 0 unspecified atom stereocenters. The molecule has 0 heterocycles. The van der Waals surface area contributed by atoms with Crippen molar-refractivity contribution in [3.8, 4) is 0 Å². The summed E-state index contributed by atoms with van der Waals surface area (Å²) in [6.07, 6.45) is 2.79. The molecule has 0 saturated heterocycles. The summed E-state index contributed by atoms with van der Waals surface area (Å²) in [5, 5.41) is 13.4. The largest absolute Gasteiger partial charge is 0.452 e. The van der Waals surface area contributed by atoms with Crippen LogP contribution in [0.5, 0.6) is 0 Å². The Balaban J connectivity index is 1.89. The van der Waals surface area contributed by atoms with Crippen LogP contribution in [0.2, 0.25) is 0 Å². The Morgan fingerprint density at radius 1 is 1.12 bits per heavy atom. The zero-order valence-electron chi connectivity index (χ0n) is 14.4. The van der Waals surface area contributed by atoms with Crippen LogP contribution >= 0.6 is 0 Å². The number of carbonyl (C=O) groups is 2. The van der Waals surface area contributed by atoms with Gasteiger partial charge in [-0.3, -0.25) is 14.9 Å². The Morgan fingerprint density at radius 2 is 1.77 bits per heavy atom. The van der Waals surface area contributed by atoms with Gasteiger partial charge in [0.15, 0.2) is 6.61 Å². The topological polar surface area (TPSA) is 98.5 Å². The minimum absolute atomic E-state index is 0.0526. The molecule has 0 atom stereocenters. The molecule has 1 N–H and O–H groups in total. The molecule has 7 heteroatoms. The number of carbonyl (C=O) groups excluding carboxylic acids is 2. The second kappa shape index (κ2) is 8.57. The third-order valence-electron chi connectivity index (χ3n) is 3.46. The highest BCUT2D eigenvalue weighted by atomic mass is 16.6. The van der Waals surface area contributed by atoms with E-state index in [9.17, 15) is 19.7 Å². The van der Waals surface area contributed by atoms with E-state index in [0.29, 0.717) is 5.56 Å². The van der Waals surface area contributed by atoms with Gasteiger partial charge < -0.3 is 10.1 Å². The van der Waals surface area contributed by atoms with Crippen molar-refractivity contribution in [2.24, 2.45) is 0 Å². The maximum absolute atomic E-state index is 11.9. The third kappa shape index (κ3) is 5.55. The smallest absolute Gasteiger partial charge is 0.331 e. The van der Waals surface area contributed by atoms with E-state index in [0.717, 1.165) is 11.1 Å². The number of hydrogen-bond donors (Lipinski definition) is 1. The van der Waals surface area contributed by atoms with Crippen LogP contribution in [0.1, 0.15) is 16.7 Å². The molecule has 0 radical (unpaired) electrons. The molecule has 7 nitrogen and oxygen atoms in total. The first kappa shape index (κ1) is 18.9. The molecule has 0 fully saturated rings. The molecule has 134 valence electrons. The van der Waals surface area contributed by atoms with Crippen molar-refractivity contribution >= 4 is 29.3 Å². The zero-order valence-corrected chi connectivity index (χ0v) is 14.4. The second-order valence-corrected chi connectivity index (χ2v) is 5.68. The van der Waals surface area contributed by atoms with Crippen LogP contribution in [0.15, 0.2) is 48.5 Å². The van der Waals surface area contributed by atoms with Crippen molar-refractivity contribution in [2.75, 3.05) is 11.9 Å². The summed E-state index contributed by atoms with van der Waals surface area (Å²) in [5.74, 6) is -1.34. The van der Waals surface area contributed by atoms with E-state index < -0.39 is 23.4 Å². The van der Waals surface area contributed by atoms with E-state index in [-0.39, 0.29) is 11.4 Å². The highest BCUT2D eigenvalue weighted by Gasteiger charge is 2.16. The zero-order chi connectivity index (χ0) is 19.1. The van der Waals surface area contributed by atoms with Gasteiger partial charge in [0.2, 0.25) is 0 Å². The number of nitrogens with zero attached hydrogens (tertiary/aromatic N) is 1. The van der Waals surface area contributed by atoms with E-state index in [2.05, 4.69) is 5.32 Å². The highest BCUT2D eigenvalue weighted by Crippen LogP contribution is 2.25. The number of rotatable bonds is 6. The lowest BCUT2D eigenvalue weighted by atomic mass is 10.1. The van der Waals surface area contributed by atoms with Crippen LogP contribution in [-0.2, 0) is 14.3 Å². The lowest BCUT2D eigenvalue weighted by Gasteiger charge is -2.06. The van der Waals surface area contributed by atoms with Crippen LogP contribution in [0.4, 0.5) is 11.4 Å². The number of anilines is 1. The van der Waals surface area contributed by atoms with Crippen LogP contribution < -0.4 is 5.32 Å². The fourth-order valence-corrected chi connectivity index (χ4v) is 2.11. The van der Waals surface area contributed by atoms with Gasteiger partial charge in [0.1, 0.15) is 5.69 Å². The molecule has 0 aliphatic rings. The first-order valence-electron chi connectivity index (χ1n) is 7.81. The number of nitrogens with one attached hydrogen (secondary N) is 1. The van der Waals surface area contributed by atoms with E-state index in [1.165, 1.54) is 18.2 Å². The second-order valence-electron chi connectivity index (χ2n) is 5.68. The molecule has 0 aromatic heterocycles. The first-order chi connectivity index (χ1) is 12.3. The lowest BCUT2D eigenvalue weighted by molar-refractivity contribution is -0.384. The summed E-state index contributed by atoms with van der Waals surface area (Å²) in [6, 6.07) is 11.9. The number of benzene rings is 2. The summed E-state index contributed by atoms with van der Waals surface area (Å²) in [5.41, 5.74) is 2.46. The molecule has 2 rings (SSSR count). The van der Waals surface area contributed by atoms with Gasteiger partial charge in [0.25, 0.3) is 11.6 Å². The van der Waals surface area contributed by atoms with Crippen LogP contribution in [-0.4, -0.2) is 23.4 Å². The minimum atomic E-state index is -0.681. The molecule has 0 aliphatic heterocycles. The Hall–Kier alpha value is -3.48. The Labute approximate surface area is 150 Å². The molecule has 0 saturated carbocycles. The van der Waals surface area contributed by atoms with Gasteiger partial charge in [-0.1, -0.05) is 35.9 Å².